The number of ether oxygens (including phenoxy) is 2. The van der Waals surface area contributed by atoms with Gasteiger partial charge in [0, 0.05) is 30.9 Å². The van der Waals surface area contributed by atoms with Crippen molar-refractivity contribution in [1.29, 1.82) is 0 Å². The minimum Gasteiger partial charge on any atom is -0.486 e. The quantitative estimate of drug-likeness (QED) is 0.529. The van der Waals surface area contributed by atoms with Crippen LogP contribution in [0.5, 0.6) is 5.75 Å². The number of aliphatic hydroxyl groups is 1. The zero-order valence-corrected chi connectivity index (χ0v) is 19.4. The molecule has 2 N–H and O–H groups in total. The van der Waals surface area contributed by atoms with Crippen LogP contribution in [0, 0.1) is 0 Å². The molecule has 11 heteroatoms. The number of rotatable bonds is 7. The van der Waals surface area contributed by atoms with Gasteiger partial charge in [0.15, 0.2) is 5.65 Å². The maximum atomic E-state index is 14.5. The van der Waals surface area contributed by atoms with Crippen LogP contribution < -0.4 is 10.1 Å². The summed E-state index contributed by atoms with van der Waals surface area (Å²) in [5, 5.41) is 17.0. The normalized spacial score (nSPS) is 18.7. The summed E-state index contributed by atoms with van der Waals surface area (Å²) < 4.78 is 27.5. The molecule has 1 aromatic carbocycles. The van der Waals surface area contributed by atoms with Crippen molar-refractivity contribution in [2.24, 2.45) is 0 Å². The highest BCUT2D eigenvalue weighted by molar-refractivity contribution is 6.09. The predicted octanol–water partition coefficient (Wildman–Crippen LogP) is 2.21. The van der Waals surface area contributed by atoms with Crippen LogP contribution in [-0.4, -0.2) is 74.1 Å². The molecule has 1 saturated heterocycles. The number of aromatic nitrogens is 3. The molecule has 0 aliphatic carbocycles. The van der Waals surface area contributed by atoms with Crippen LogP contribution >= 0.6 is 0 Å². The Hall–Kier alpha value is -3.57. The summed E-state index contributed by atoms with van der Waals surface area (Å²) in [6.45, 7) is 3.59. The minimum absolute atomic E-state index is 0.151. The number of fused-ring (bicyclic) bond motifs is 2. The van der Waals surface area contributed by atoms with E-state index in [0.717, 1.165) is 0 Å². The van der Waals surface area contributed by atoms with Crippen LogP contribution in [0.3, 0.4) is 0 Å². The number of hydrogen-bond acceptors (Lipinski definition) is 7. The number of nitrogens with one attached hydrogen (secondary N) is 1. The van der Waals surface area contributed by atoms with Gasteiger partial charge in [-0.3, -0.25) is 9.59 Å². The fraction of sp³-hybridized carbons (Fsp3) is 0.417. The van der Waals surface area contributed by atoms with E-state index < -0.39 is 17.7 Å². The third-order valence-corrected chi connectivity index (χ3v) is 6.19. The highest BCUT2D eigenvalue weighted by atomic mass is 19.1. The van der Waals surface area contributed by atoms with Gasteiger partial charge in [-0.2, -0.15) is 5.10 Å². The van der Waals surface area contributed by atoms with Gasteiger partial charge in [0.25, 0.3) is 11.8 Å². The lowest BCUT2D eigenvalue weighted by Gasteiger charge is -2.26. The van der Waals surface area contributed by atoms with Gasteiger partial charge in [0.2, 0.25) is 0 Å². The molecule has 2 amide bonds. The third kappa shape index (κ3) is 4.56. The highest BCUT2D eigenvalue weighted by Gasteiger charge is 2.35. The van der Waals surface area contributed by atoms with E-state index in [1.165, 1.54) is 29.5 Å². The first-order valence-electron chi connectivity index (χ1n) is 11.4. The van der Waals surface area contributed by atoms with E-state index >= 15 is 0 Å². The third-order valence-electron chi connectivity index (χ3n) is 6.19. The average Bonchev–Trinajstić information content (AvgIpc) is 3.54. The van der Waals surface area contributed by atoms with E-state index in [-0.39, 0.29) is 30.7 Å². The fourth-order valence-corrected chi connectivity index (χ4v) is 4.12. The van der Waals surface area contributed by atoms with Gasteiger partial charge in [-0.25, -0.2) is 13.9 Å². The number of nitrogens with zero attached hydrogens (tertiary/aromatic N) is 4. The zero-order chi connectivity index (χ0) is 24.7. The van der Waals surface area contributed by atoms with E-state index in [4.69, 9.17) is 9.47 Å². The van der Waals surface area contributed by atoms with Gasteiger partial charge in [-0.1, -0.05) is 0 Å². The Balaban J connectivity index is 1.45. The summed E-state index contributed by atoms with van der Waals surface area (Å²) in [5.74, 6) is -0.464. The standard InChI is InChI=1S/C24H26FN5O5/c1-24(2,33)20(25)12-29-11-14-8-18(19(9-16(14)23(29)32)35-15-4-7-34-13-15)28-22(31)17-10-27-30-6-3-5-26-21(17)30/h3,5-6,8-10,15,20,33H,4,7,11-13H2,1-2H3,(H,28,31). The van der Waals surface area contributed by atoms with Crippen molar-refractivity contribution in [2.45, 2.75) is 44.7 Å². The lowest BCUT2D eigenvalue weighted by Crippen LogP contribution is -2.42. The zero-order valence-electron chi connectivity index (χ0n) is 19.4. The molecule has 0 radical (unpaired) electrons. The van der Waals surface area contributed by atoms with Crippen LogP contribution in [0.25, 0.3) is 5.65 Å². The number of benzene rings is 1. The van der Waals surface area contributed by atoms with Crippen LogP contribution in [0.2, 0.25) is 0 Å². The molecular formula is C24H26FN5O5. The fourth-order valence-electron chi connectivity index (χ4n) is 4.12. The van der Waals surface area contributed by atoms with Crippen molar-refractivity contribution >= 4 is 23.1 Å². The van der Waals surface area contributed by atoms with E-state index in [9.17, 15) is 19.1 Å². The molecule has 3 aromatic rings. The summed E-state index contributed by atoms with van der Waals surface area (Å²) in [6, 6.07) is 4.96. The molecule has 0 spiro atoms. The number of halogens is 1. The second-order valence-corrected chi connectivity index (χ2v) is 9.32. The topological polar surface area (TPSA) is 118 Å². The van der Waals surface area contributed by atoms with Crippen LogP contribution in [0.15, 0.2) is 36.8 Å². The molecule has 35 heavy (non-hydrogen) atoms. The molecule has 2 aromatic heterocycles. The van der Waals surface area contributed by atoms with Crippen LogP contribution in [0.1, 0.15) is 46.5 Å². The SMILES string of the molecule is CC(C)(O)C(F)CN1Cc2cc(NC(=O)c3cnn4cccnc34)c(OC3CCOC3)cc2C1=O. The average molecular weight is 484 g/mol. The van der Waals surface area contributed by atoms with Gasteiger partial charge in [0.1, 0.15) is 23.6 Å². The summed E-state index contributed by atoms with van der Waals surface area (Å²) in [6.07, 6.45) is 3.53. The second kappa shape index (κ2) is 8.90. The van der Waals surface area contributed by atoms with Crippen LogP contribution in [0.4, 0.5) is 10.1 Å². The number of carbonyl (C=O) groups is 2. The monoisotopic (exact) mass is 483 g/mol. The molecule has 2 aliphatic heterocycles. The van der Waals surface area contributed by atoms with Crippen molar-refractivity contribution < 1.29 is 28.6 Å². The molecule has 184 valence electrons. The van der Waals surface area contributed by atoms with Crippen molar-refractivity contribution in [3.05, 3.63) is 53.5 Å². The minimum atomic E-state index is -1.62. The van der Waals surface area contributed by atoms with Gasteiger partial charge < -0.3 is 24.8 Å². The van der Waals surface area contributed by atoms with Gasteiger partial charge >= 0.3 is 0 Å². The Morgan fingerprint density at radius 1 is 1.43 bits per heavy atom. The summed E-state index contributed by atoms with van der Waals surface area (Å²) in [4.78, 5) is 31.7. The first-order valence-corrected chi connectivity index (χ1v) is 11.4. The van der Waals surface area contributed by atoms with Crippen molar-refractivity contribution in [3.63, 3.8) is 0 Å². The van der Waals surface area contributed by atoms with Gasteiger partial charge in [-0.15, -0.1) is 0 Å². The number of carbonyl (C=O) groups excluding carboxylic acids is 2. The molecule has 0 saturated carbocycles. The van der Waals surface area contributed by atoms with Gasteiger partial charge in [-0.05, 0) is 37.6 Å². The number of amides is 2. The van der Waals surface area contributed by atoms with E-state index in [0.29, 0.717) is 47.8 Å². The Bertz CT molecular complexity index is 1280. The number of alkyl halides is 1. The molecule has 2 unspecified atom stereocenters. The number of hydrogen-bond donors (Lipinski definition) is 2. The number of anilines is 1. The molecule has 2 atom stereocenters. The molecular weight excluding hydrogens is 457 g/mol. The summed E-state index contributed by atoms with van der Waals surface area (Å²) >= 11 is 0. The summed E-state index contributed by atoms with van der Waals surface area (Å²) in [5.41, 5.74) is 0.487. The second-order valence-electron chi connectivity index (χ2n) is 9.32. The first kappa shape index (κ1) is 23.2. The van der Waals surface area contributed by atoms with E-state index in [1.807, 2.05) is 0 Å². The smallest absolute Gasteiger partial charge is 0.261 e. The molecule has 4 heterocycles. The maximum Gasteiger partial charge on any atom is 0.261 e. The van der Waals surface area contributed by atoms with E-state index in [2.05, 4.69) is 15.4 Å². The van der Waals surface area contributed by atoms with Crippen LogP contribution in [-0.2, 0) is 11.3 Å². The molecule has 0 bridgehead atoms. The Labute approximate surface area is 200 Å². The van der Waals surface area contributed by atoms with Crippen molar-refractivity contribution in [3.8, 4) is 5.75 Å². The van der Waals surface area contributed by atoms with E-state index in [1.54, 1.807) is 30.6 Å². The lowest BCUT2D eigenvalue weighted by atomic mass is 10.0. The predicted molar refractivity (Wildman–Crippen MR) is 123 cm³/mol. The Morgan fingerprint density at radius 3 is 3.00 bits per heavy atom. The Kier molecular flexibility index (Phi) is 5.89. The first-order chi connectivity index (χ1) is 16.7. The lowest BCUT2D eigenvalue weighted by molar-refractivity contribution is -0.0159. The maximum absolute atomic E-state index is 14.5. The highest BCUT2D eigenvalue weighted by Crippen LogP contribution is 2.36. The molecule has 10 nitrogen and oxygen atoms in total. The summed E-state index contributed by atoms with van der Waals surface area (Å²) in [7, 11) is 0. The Morgan fingerprint density at radius 2 is 2.26 bits per heavy atom. The molecule has 2 aliphatic rings. The van der Waals surface area contributed by atoms with Gasteiger partial charge in [0.05, 0.1) is 37.2 Å². The van der Waals surface area contributed by atoms with Crippen molar-refractivity contribution in [2.75, 3.05) is 25.1 Å². The molecule has 1 fully saturated rings. The van der Waals surface area contributed by atoms with Crippen molar-refractivity contribution in [1.82, 2.24) is 19.5 Å². The largest absolute Gasteiger partial charge is 0.486 e. The molecule has 5 rings (SSSR count).